The van der Waals surface area contributed by atoms with E-state index in [1.165, 1.54) is 6.33 Å². The standard InChI is InChI=1S/C5H3N4O/c10-5-6-1-3-4(9-5)8-2-7-3/h2H,(H2,6,7,8,9,10). The fraction of sp³-hybridized carbons (Fsp3) is 0. The van der Waals surface area contributed by atoms with Gasteiger partial charge in [-0.25, -0.2) is 4.98 Å². The molecular formula is C5H3N4O. The molecule has 0 aliphatic rings. The Morgan fingerprint density at radius 2 is 2.50 bits per heavy atom. The minimum atomic E-state index is -0.295. The maximum Gasteiger partial charge on any atom is 0.316 e. The number of hydrogen-bond acceptors (Lipinski definition) is 4. The topological polar surface area (TPSA) is 74.7 Å². The summed E-state index contributed by atoms with van der Waals surface area (Å²) in [7, 11) is 0. The first kappa shape index (κ1) is 5.16. The van der Waals surface area contributed by atoms with Crippen molar-refractivity contribution in [1.82, 2.24) is 19.9 Å². The third kappa shape index (κ3) is 0.604. The van der Waals surface area contributed by atoms with Crippen molar-refractivity contribution < 1.29 is 5.11 Å². The Labute approximate surface area is 55.8 Å². The summed E-state index contributed by atoms with van der Waals surface area (Å²) in [4.78, 5) is 13.6. The van der Waals surface area contributed by atoms with Crippen LogP contribution in [0.25, 0.3) is 11.2 Å². The zero-order valence-electron chi connectivity index (χ0n) is 4.87. The van der Waals surface area contributed by atoms with Crippen LogP contribution < -0.4 is 0 Å². The molecule has 0 aromatic carbocycles. The largest absolute Gasteiger partial charge is 0.479 e. The van der Waals surface area contributed by atoms with E-state index in [9.17, 15) is 0 Å². The number of H-pyrrole nitrogens is 1. The third-order valence-corrected chi connectivity index (χ3v) is 1.09. The van der Waals surface area contributed by atoms with Crippen LogP contribution in [0.4, 0.5) is 0 Å². The lowest BCUT2D eigenvalue weighted by Gasteiger charge is -1.85. The van der Waals surface area contributed by atoms with Crippen molar-refractivity contribution >= 4 is 11.2 Å². The molecule has 1 radical (unpaired) electrons. The molecule has 5 heteroatoms. The number of aromatic hydroxyl groups is 1. The Balaban J connectivity index is 2.86. The molecular weight excluding hydrogens is 132 g/mol. The van der Waals surface area contributed by atoms with Gasteiger partial charge in [-0.15, -0.1) is 0 Å². The van der Waals surface area contributed by atoms with Gasteiger partial charge in [0, 0.05) is 0 Å². The van der Waals surface area contributed by atoms with Crippen LogP contribution >= 0.6 is 0 Å². The van der Waals surface area contributed by atoms with E-state index in [1.807, 2.05) is 0 Å². The number of hydrogen-bond donors (Lipinski definition) is 2. The van der Waals surface area contributed by atoms with Crippen LogP contribution in [0.15, 0.2) is 6.33 Å². The Hall–Kier alpha value is -1.65. The lowest BCUT2D eigenvalue weighted by molar-refractivity contribution is 0.432. The van der Waals surface area contributed by atoms with Gasteiger partial charge >= 0.3 is 6.01 Å². The van der Waals surface area contributed by atoms with Crippen LogP contribution in [-0.2, 0) is 0 Å². The highest BCUT2D eigenvalue weighted by Gasteiger charge is 1.98. The molecule has 0 aliphatic heterocycles. The number of nitrogens with one attached hydrogen (secondary N) is 1. The van der Waals surface area contributed by atoms with Gasteiger partial charge in [0.05, 0.1) is 6.33 Å². The summed E-state index contributed by atoms with van der Waals surface area (Å²) in [5.74, 6) is 0. The van der Waals surface area contributed by atoms with Crippen LogP contribution in [0.3, 0.4) is 0 Å². The molecule has 2 N–H and O–H groups in total. The van der Waals surface area contributed by atoms with Crippen molar-refractivity contribution in [3.63, 3.8) is 0 Å². The van der Waals surface area contributed by atoms with Gasteiger partial charge in [-0.05, 0) is 0 Å². The van der Waals surface area contributed by atoms with Crippen molar-refractivity contribution in [1.29, 1.82) is 0 Å². The van der Waals surface area contributed by atoms with Gasteiger partial charge in [0.15, 0.2) is 5.65 Å². The summed E-state index contributed by atoms with van der Waals surface area (Å²) in [5, 5.41) is 8.75. The van der Waals surface area contributed by atoms with Crippen LogP contribution in [0, 0.1) is 6.20 Å². The molecule has 0 saturated carbocycles. The van der Waals surface area contributed by atoms with E-state index in [0.717, 1.165) is 0 Å². The summed E-state index contributed by atoms with van der Waals surface area (Å²) in [6.07, 6.45) is 3.96. The SMILES string of the molecule is Oc1n[c]c2nc[nH]c2n1. The van der Waals surface area contributed by atoms with Gasteiger partial charge in [-0.2, -0.15) is 9.97 Å². The molecule has 0 fully saturated rings. The lowest BCUT2D eigenvalue weighted by atomic mass is 10.6. The summed E-state index contributed by atoms with van der Waals surface area (Å²) in [6, 6.07) is -0.295. The molecule has 49 valence electrons. The smallest absolute Gasteiger partial charge is 0.316 e. The molecule has 5 nitrogen and oxygen atoms in total. The van der Waals surface area contributed by atoms with E-state index in [1.54, 1.807) is 0 Å². The number of imidazole rings is 1. The van der Waals surface area contributed by atoms with E-state index < -0.39 is 0 Å². The maximum absolute atomic E-state index is 8.75. The van der Waals surface area contributed by atoms with Crippen LogP contribution in [0.1, 0.15) is 0 Å². The van der Waals surface area contributed by atoms with E-state index in [2.05, 4.69) is 26.1 Å². The van der Waals surface area contributed by atoms with Crippen LogP contribution in [0.2, 0.25) is 0 Å². The quantitative estimate of drug-likeness (QED) is 0.527. The second kappa shape index (κ2) is 1.66. The second-order valence-electron chi connectivity index (χ2n) is 1.74. The monoisotopic (exact) mass is 135 g/mol. The molecule has 2 aromatic heterocycles. The molecule has 10 heavy (non-hydrogen) atoms. The summed E-state index contributed by atoms with van der Waals surface area (Å²) in [5.41, 5.74) is 1.02. The van der Waals surface area contributed by atoms with E-state index in [0.29, 0.717) is 11.2 Å². The Morgan fingerprint density at radius 1 is 1.60 bits per heavy atom. The lowest BCUT2D eigenvalue weighted by Crippen LogP contribution is -1.81. The minimum Gasteiger partial charge on any atom is -0.479 e. The highest BCUT2D eigenvalue weighted by atomic mass is 16.3. The van der Waals surface area contributed by atoms with E-state index in [-0.39, 0.29) is 6.01 Å². The van der Waals surface area contributed by atoms with Crippen molar-refractivity contribution in [2.45, 2.75) is 0 Å². The van der Waals surface area contributed by atoms with Gasteiger partial charge < -0.3 is 10.1 Å². The number of aromatic nitrogens is 4. The predicted octanol–water partition coefficient (Wildman–Crippen LogP) is -0.141. The molecule has 0 spiro atoms. The number of fused-ring (bicyclic) bond motifs is 1. The summed E-state index contributed by atoms with van der Waals surface area (Å²) < 4.78 is 0. The zero-order valence-corrected chi connectivity index (χ0v) is 4.87. The first-order chi connectivity index (χ1) is 4.86. The summed E-state index contributed by atoms with van der Waals surface area (Å²) >= 11 is 0. The zero-order chi connectivity index (χ0) is 6.97. The fourth-order valence-corrected chi connectivity index (χ4v) is 0.682. The van der Waals surface area contributed by atoms with Crippen LogP contribution in [-0.4, -0.2) is 25.0 Å². The number of rotatable bonds is 0. The highest BCUT2D eigenvalue weighted by molar-refractivity contribution is 5.67. The fourth-order valence-electron chi connectivity index (χ4n) is 0.682. The molecule has 0 aliphatic carbocycles. The second-order valence-corrected chi connectivity index (χ2v) is 1.74. The molecule has 2 heterocycles. The van der Waals surface area contributed by atoms with Crippen molar-refractivity contribution in [3.8, 4) is 6.01 Å². The third-order valence-electron chi connectivity index (χ3n) is 1.09. The Kier molecular flexibility index (Phi) is 0.858. The molecule has 0 atom stereocenters. The average molecular weight is 135 g/mol. The van der Waals surface area contributed by atoms with Gasteiger partial charge in [0.2, 0.25) is 0 Å². The van der Waals surface area contributed by atoms with Gasteiger partial charge in [0.1, 0.15) is 11.7 Å². The molecule has 0 amide bonds. The normalized spacial score (nSPS) is 10.4. The first-order valence-corrected chi connectivity index (χ1v) is 2.64. The maximum atomic E-state index is 8.75. The molecule has 0 unspecified atom stereocenters. The van der Waals surface area contributed by atoms with E-state index in [4.69, 9.17) is 5.11 Å². The average Bonchev–Trinajstić information content (AvgIpc) is 2.33. The Morgan fingerprint density at radius 3 is 3.40 bits per heavy atom. The summed E-state index contributed by atoms with van der Waals surface area (Å²) in [6.45, 7) is 0. The van der Waals surface area contributed by atoms with Crippen molar-refractivity contribution in [2.75, 3.05) is 0 Å². The molecule has 2 rings (SSSR count). The molecule has 0 saturated heterocycles. The Bertz CT molecular complexity index is 355. The molecule has 2 aromatic rings. The highest BCUT2D eigenvalue weighted by Crippen LogP contribution is 2.05. The minimum absolute atomic E-state index is 0.295. The van der Waals surface area contributed by atoms with Crippen molar-refractivity contribution in [2.24, 2.45) is 0 Å². The number of aromatic amines is 1. The van der Waals surface area contributed by atoms with Crippen LogP contribution in [0.5, 0.6) is 6.01 Å². The van der Waals surface area contributed by atoms with Gasteiger partial charge in [-0.3, -0.25) is 0 Å². The predicted molar refractivity (Wildman–Crippen MR) is 32.2 cm³/mol. The van der Waals surface area contributed by atoms with E-state index >= 15 is 0 Å². The first-order valence-electron chi connectivity index (χ1n) is 2.64. The molecule has 0 bridgehead atoms. The van der Waals surface area contributed by atoms with Crippen molar-refractivity contribution in [3.05, 3.63) is 12.5 Å². The number of nitrogens with zero attached hydrogens (tertiary/aromatic N) is 3. The van der Waals surface area contributed by atoms with Gasteiger partial charge in [-0.1, -0.05) is 0 Å². The van der Waals surface area contributed by atoms with Gasteiger partial charge in [0.25, 0.3) is 0 Å².